The topological polar surface area (TPSA) is 70.2 Å². The van der Waals surface area contributed by atoms with Gasteiger partial charge in [0.1, 0.15) is 4.33 Å². The fourth-order valence-corrected chi connectivity index (χ4v) is 3.87. The van der Waals surface area contributed by atoms with Gasteiger partial charge in [0.15, 0.2) is 0 Å². The standard InChI is InChI=1S/C15H19Cl2N3O2S/c1-2-18-13(21)8-19-14(22)20-11-5-3-4-6-12(11)23-9-10-7-15(10,16)17/h3-6,10H,2,7-9H2,1H3,(H,18,21)(H2,19,20,22). The molecule has 1 aromatic carbocycles. The number of carbonyl (C=O) groups excluding carboxylic acids is 2. The number of thioether (sulfide) groups is 1. The summed E-state index contributed by atoms with van der Waals surface area (Å²) < 4.78 is -0.598. The van der Waals surface area contributed by atoms with Crippen molar-refractivity contribution in [3.63, 3.8) is 0 Å². The minimum Gasteiger partial charge on any atom is -0.355 e. The largest absolute Gasteiger partial charge is 0.355 e. The van der Waals surface area contributed by atoms with Gasteiger partial charge in [0, 0.05) is 23.1 Å². The first kappa shape index (κ1) is 18.2. The number of halogens is 2. The van der Waals surface area contributed by atoms with Crippen LogP contribution in [0.3, 0.4) is 0 Å². The predicted octanol–water partition coefficient (Wildman–Crippen LogP) is 3.23. The molecule has 0 radical (unpaired) electrons. The smallest absolute Gasteiger partial charge is 0.319 e. The second-order valence-electron chi connectivity index (χ2n) is 5.23. The van der Waals surface area contributed by atoms with E-state index in [-0.39, 0.29) is 18.4 Å². The highest BCUT2D eigenvalue weighted by atomic mass is 35.5. The number of anilines is 1. The number of benzene rings is 1. The Balaban J connectivity index is 1.84. The van der Waals surface area contributed by atoms with Gasteiger partial charge in [0.2, 0.25) is 5.91 Å². The first-order valence-corrected chi connectivity index (χ1v) is 9.07. The van der Waals surface area contributed by atoms with Crippen molar-refractivity contribution in [1.29, 1.82) is 0 Å². The molecule has 0 aromatic heterocycles. The average Bonchev–Trinajstić information content (AvgIpc) is 3.12. The summed E-state index contributed by atoms with van der Waals surface area (Å²) >= 11 is 13.7. The molecule has 0 bridgehead atoms. The van der Waals surface area contributed by atoms with Crippen molar-refractivity contribution in [3.8, 4) is 0 Å². The van der Waals surface area contributed by atoms with Crippen molar-refractivity contribution in [3.05, 3.63) is 24.3 Å². The molecule has 1 aliphatic carbocycles. The van der Waals surface area contributed by atoms with Crippen LogP contribution in [-0.4, -0.2) is 35.1 Å². The first-order chi connectivity index (χ1) is 10.9. The number of nitrogens with one attached hydrogen (secondary N) is 3. The minimum absolute atomic E-state index is 0.0575. The van der Waals surface area contributed by atoms with E-state index in [1.165, 1.54) is 0 Å². The van der Waals surface area contributed by atoms with Crippen molar-refractivity contribution < 1.29 is 9.59 Å². The van der Waals surface area contributed by atoms with Crippen LogP contribution in [0.1, 0.15) is 13.3 Å². The second-order valence-corrected chi connectivity index (χ2v) is 7.83. The molecule has 0 aliphatic heterocycles. The van der Waals surface area contributed by atoms with E-state index in [1.54, 1.807) is 11.8 Å². The zero-order chi connectivity index (χ0) is 16.9. The molecule has 23 heavy (non-hydrogen) atoms. The SMILES string of the molecule is CCNC(=O)CNC(=O)Nc1ccccc1SCC1CC1(Cl)Cl. The van der Waals surface area contributed by atoms with E-state index in [4.69, 9.17) is 23.2 Å². The maximum Gasteiger partial charge on any atom is 0.319 e. The van der Waals surface area contributed by atoms with Crippen LogP contribution in [-0.2, 0) is 4.79 Å². The van der Waals surface area contributed by atoms with Crippen molar-refractivity contribution in [2.45, 2.75) is 22.6 Å². The molecule has 2 rings (SSSR count). The van der Waals surface area contributed by atoms with Crippen LogP contribution < -0.4 is 16.0 Å². The van der Waals surface area contributed by atoms with Gasteiger partial charge in [0.25, 0.3) is 0 Å². The fraction of sp³-hybridized carbons (Fsp3) is 0.467. The van der Waals surface area contributed by atoms with E-state index < -0.39 is 10.4 Å². The molecule has 1 aliphatic rings. The number of alkyl halides is 2. The van der Waals surface area contributed by atoms with Gasteiger partial charge in [-0.2, -0.15) is 0 Å². The summed E-state index contributed by atoms with van der Waals surface area (Å²) in [6.07, 6.45) is 0.797. The molecule has 1 unspecified atom stereocenters. The zero-order valence-electron chi connectivity index (χ0n) is 12.7. The Morgan fingerprint density at radius 3 is 2.65 bits per heavy atom. The third kappa shape index (κ3) is 5.79. The lowest BCUT2D eigenvalue weighted by atomic mass is 10.3. The van der Waals surface area contributed by atoms with E-state index >= 15 is 0 Å². The van der Waals surface area contributed by atoms with Crippen LogP contribution in [0.25, 0.3) is 0 Å². The molecule has 0 spiro atoms. The predicted molar refractivity (Wildman–Crippen MR) is 95.4 cm³/mol. The third-order valence-electron chi connectivity index (χ3n) is 3.31. The lowest BCUT2D eigenvalue weighted by molar-refractivity contribution is -0.119. The highest BCUT2D eigenvalue weighted by molar-refractivity contribution is 7.99. The van der Waals surface area contributed by atoms with Gasteiger partial charge in [0.05, 0.1) is 12.2 Å². The van der Waals surface area contributed by atoms with E-state index in [0.29, 0.717) is 12.2 Å². The van der Waals surface area contributed by atoms with E-state index in [0.717, 1.165) is 17.1 Å². The molecule has 1 atom stereocenters. The molecule has 1 fully saturated rings. The molecule has 1 saturated carbocycles. The summed E-state index contributed by atoms with van der Waals surface area (Å²) in [7, 11) is 0. The Labute approximate surface area is 149 Å². The Morgan fingerprint density at radius 1 is 1.30 bits per heavy atom. The Kier molecular flexibility index (Phi) is 6.44. The fourth-order valence-electron chi connectivity index (χ4n) is 1.92. The highest BCUT2D eigenvalue weighted by Gasteiger charge is 2.51. The highest BCUT2D eigenvalue weighted by Crippen LogP contribution is 2.55. The van der Waals surface area contributed by atoms with Crippen molar-refractivity contribution >= 4 is 52.6 Å². The average molecular weight is 376 g/mol. The Hall–Kier alpha value is -1.11. The summed E-state index contributed by atoms with van der Waals surface area (Å²) in [5, 5.41) is 7.89. The van der Waals surface area contributed by atoms with Gasteiger partial charge in [-0.05, 0) is 25.5 Å². The minimum atomic E-state index is -0.598. The molecule has 3 N–H and O–H groups in total. The van der Waals surface area contributed by atoms with E-state index in [2.05, 4.69) is 16.0 Å². The van der Waals surface area contributed by atoms with Gasteiger partial charge in [-0.1, -0.05) is 12.1 Å². The molecule has 8 heteroatoms. The van der Waals surface area contributed by atoms with Crippen LogP contribution in [0.5, 0.6) is 0 Å². The number of amides is 3. The number of urea groups is 1. The number of carbonyl (C=O) groups is 2. The third-order valence-corrected chi connectivity index (χ3v) is 5.48. The summed E-state index contributed by atoms with van der Waals surface area (Å²) in [6.45, 7) is 2.30. The molecule has 3 amide bonds. The molecule has 5 nitrogen and oxygen atoms in total. The quantitative estimate of drug-likeness (QED) is 0.506. The van der Waals surface area contributed by atoms with Crippen molar-refractivity contribution in [1.82, 2.24) is 10.6 Å². The summed E-state index contributed by atoms with van der Waals surface area (Å²) in [6, 6.07) is 7.07. The van der Waals surface area contributed by atoms with Crippen LogP contribution in [0, 0.1) is 5.92 Å². The van der Waals surface area contributed by atoms with E-state index in [9.17, 15) is 9.59 Å². The number of rotatable bonds is 7. The van der Waals surface area contributed by atoms with Gasteiger partial charge >= 0.3 is 6.03 Å². The zero-order valence-corrected chi connectivity index (χ0v) is 15.0. The van der Waals surface area contributed by atoms with Gasteiger partial charge in [-0.3, -0.25) is 4.79 Å². The molecular formula is C15H19Cl2N3O2S. The summed E-state index contributed by atoms with van der Waals surface area (Å²) in [4.78, 5) is 24.1. The number of likely N-dealkylation sites (N-methyl/N-ethyl adjacent to an activating group) is 1. The maximum atomic E-state index is 11.9. The van der Waals surface area contributed by atoms with E-state index in [1.807, 2.05) is 31.2 Å². The van der Waals surface area contributed by atoms with Crippen LogP contribution >= 0.6 is 35.0 Å². The monoisotopic (exact) mass is 375 g/mol. The van der Waals surface area contributed by atoms with Crippen LogP contribution in [0.15, 0.2) is 29.2 Å². The maximum absolute atomic E-state index is 11.9. The lowest BCUT2D eigenvalue weighted by Crippen LogP contribution is -2.38. The van der Waals surface area contributed by atoms with Crippen molar-refractivity contribution in [2.75, 3.05) is 24.2 Å². The Morgan fingerprint density at radius 2 is 2.00 bits per heavy atom. The number of para-hydroxylation sites is 1. The summed E-state index contributed by atoms with van der Waals surface area (Å²) in [5.41, 5.74) is 0.696. The van der Waals surface area contributed by atoms with Crippen LogP contribution in [0.4, 0.5) is 10.5 Å². The van der Waals surface area contributed by atoms with Crippen molar-refractivity contribution in [2.24, 2.45) is 5.92 Å². The molecule has 1 aromatic rings. The van der Waals surface area contributed by atoms with Gasteiger partial charge in [-0.15, -0.1) is 35.0 Å². The molecule has 0 heterocycles. The molecule has 126 valence electrons. The second kappa shape index (κ2) is 8.13. The molecular weight excluding hydrogens is 357 g/mol. The number of hydrogen-bond acceptors (Lipinski definition) is 3. The van der Waals surface area contributed by atoms with Gasteiger partial charge in [-0.25, -0.2) is 4.79 Å². The number of hydrogen-bond donors (Lipinski definition) is 3. The normalized spacial score (nSPS) is 18.1. The lowest BCUT2D eigenvalue weighted by Gasteiger charge is -2.11. The Bertz CT molecular complexity index is 584. The van der Waals surface area contributed by atoms with Gasteiger partial charge < -0.3 is 16.0 Å². The summed E-state index contributed by atoms with van der Waals surface area (Å²) in [5.74, 6) is 0.849. The molecule has 0 saturated heterocycles. The van der Waals surface area contributed by atoms with Crippen LogP contribution in [0.2, 0.25) is 0 Å². The first-order valence-electron chi connectivity index (χ1n) is 7.33.